The van der Waals surface area contributed by atoms with Crippen molar-refractivity contribution in [3.8, 4) is 5.69 Å². The molecule has 0 N–H and O–H groups in total. The summed E-state index contributed by atoms with van der Waals surface area (Å²) in [5.41, 5.74) is 5.33. The molecule has 0 saturated carbocycles. The molecule has 3 heterocycles. The van der Waals surface area contributed by atoms with Gasteiger partial charge >= 0.3 is 12.0 Å². The minimum absolute atomic E-state index is 0.253. The SMILES string of the molecule is Cc1cc(C)cc(-n2c(C)c(C)[n+]3c2N=C2C3C(=O)N(C)C(=O)N2C)c1. The second kappa shape index (κ2) is 5.27. The first-order valence-electron chi connectivity index (χ1n) is 8.58. The number of likely N-dealkylation sites (N-methyl/N-ethyl adjacent to an activating group) is 2. The molecule has 1 fully saturated rings. The third kappa shape index (κ3) is 2.00. The van der Waals surface area contributed by atoms with Crippen LogP contribution >= 0.6 is 0 Å². The molecule has 0 bridgehead atoms. The Morgan fingerprint density at radius 3 is 2.19 bits per heavy atom. The molecule has 2 aliphatic heterocycles. The summed E-state index contributed by atoms with van der Waals surface area (Å²) in [6.07, 6.45) is 0. The smallest absolute Gasteiger partial charge is 0.270 e. The highest BCUT2D eigenvalue weighted by Crippen LogP contribution is 2.33. The lowest BCUT2D eigenvalue weighted by atomic mass is 10.1. The van der Waals surface area contributed by atoms with Gasteiger partial charge in [-0.1, -0.05) is 11.1 Å². The number of fused-ring (bicyclic) bond motifs is 3. The molecule has 1 aromatic heterocycles. The van der Waals surface area contributed by atoms with E-state index in [4.69, 9.17) is 4.99 Å². The van der Waals surface area contributed by atoms with Crippen molar-refractivity contribution in [2.45, 2.75) is 33.7 Å². The summed E-state index contributed by atoms with van der Waals surface area (Å²) in [6.45, 7) is 8.14. The molecule has 26 heavy (non-hydrogen) atoms. The topological polar surface area (TPSA) is 61.8 Å². The van der Waals surface area contributed by atoms with E-state index in [1.807, 2.05) is 18.4 Å². The number of aromatic nitrogens is 2. The van der Waals surface area contributed by atoms with Crippen LogP contribution < -0.4 is 4.57 Å². The Hall–Kier alpha value is -2.96. The number of nitrogens with zero attached hydrogens (tertiary/aromatic N) is 5. The maximum Gasteiger partial charge on any atom is 0.407 e. The van der Waals surface area contributed by atoms with Gasteiger partial charge in [-0.3, -0.25) is 14.6 Å². The molecular formula is C19H22N5O2+. The van der Waals surface area contributed by atoms with Crippen LogP contribution in [0.4, 0.5) is 10.7 Å². The molecule has 4 rings (SSSR count). The van der Waals surface area contributed by atoms with Crippen molar-refractivity contribution in [1.29, 1.82) is 0 Å². The molecule has 2 aliphatic rings. The van der Waals surface area contributed by atoms with Crippen LogP contribution in [0, 0.1) is 27.7 Å². The van der Waals surface area contributed by atoms with E-state index in [0.717, 1.165) is 33.1 Å². The number of amides is 3. The fraction of sp³-hybridized carbons (Fsp3) is 0.368. The number of imide groups is 1. The summed E-state index contributed by atoms with van der Waals surface area (Å²) >= 11 is 0. The van der Waals surface area contributed by atoms with E-state index in [0.29, 0.717) is 11.8 Å². The van der Waals surface area contributed by atoms with Crippen LogP contribution in [0.5, 0.6) is 0 Å². The molecule has 1 unspecified atom stereocenters. The minimum atomic E-state index is -0.594. The quantitative estimate of drug-likeness (QED) is 0.738. The van der Waals surface area contributed by atoms with E-state index in [1.54, 1.807) is 7.05 Å². The first-order valence-corrected chi connectivity index (χ1v) is 8.58. The van der Waals surface area contributed by atoms with E-state index >= 15 is 0 Å². The lowest BCUT2D eigenvalue weighted by molar-refractivity contribution is -0.682. The molecule has 7 heteroatoms. The second-order valence-corrected chi connectivity index (χ2v) is 7.13. The maximum absolute atomic E-state index is 12.8. The lowest BCUT2D eigenvalue weighted by Crippen LogP contribution is -2.62. The number of carbonyl (C=O) groups is 2. The van der Waals surface area contributed by atoms with Crippen molar-refractivity contribution in [3.05, 3.63) is 40.7 Å². The predicted molar refractivity (Wildman–Crippen MR) is 97.0 cm³/mol. The fourth-order valence-corrected chi connectivity index (χ4v) is 3.90. The van der Waals surface area contributed by atoms with Crippen molar-refractivity contribution in [2.75, 3.05) is 14.1 Å². The van der Waals surface area contributed by atoms with Crippen molar-refractivity contribution >= 4 is 23.7 Å². The van der Waals surface area contributed by atoms with Crippen LogP contribution in [0.25, 0.3) is 5.69 Å². The highest BCUT2D eigenvalue weighted by atomic mass is 16.2. The highest BCUT2D eigenvalue weighted by molar-refractivity contribution is 6.18. The van der Waals surface area contributed by atoms with Gasteiger partial charge in [0.2, 0.25) is 11.9 Å². The van der Waals surface area contributed by atoms with Crippen LogP contribution in [0.2, 0.25) is 0 Å². The number of hydrogen-bond acceptors (Lipinski definition) is 3. The van der Waals surface area contributed by atoms with Gasteiger partial charge in [-0.2, -0.15) is 4.57 Å². The largest absolute Gasteiger partial charge is 0.407 e. The standard InChI is InChI=1S/C19H22N5O2/c1-10-7-11(2)9-14(8-10)23-12(3)13(4)24-15-16(20-18(23)24)21(5)19(26)22(6)17(15)25/h7-9,15H,1-6H3/q+1. The number of imidazole rings is 1. The highest BCUT2D eigenvalue weighted by Gasteiger charge is 2.53. The van der Waals surface area contributed by atoms with Crippen LogP contribution in [-0.2, 0) is 4.79 Å². The number of urea groups is 1. The van der Waals surface area contributed by atoms with Gasteiger partial charge in [0.1, 0.15) is 17.1 Å². The van der Waals surface area contributed by atoms with Crippen LogP contribution in [0.3, 0.4) is 0 Å². The molecule has 1 aromatic carbocycles. The summed E-state index contributed by atoms with van der Waals surface area (Å²) in [7, 11) is 3.17. The molecule has 0 aliphatic carbocycles. The van der Waals surface area contributed by atoms with E-state index < -0.39 is 6.04 Å². The molecule has 2 aromatic rings. The number of carbonyl (C=O) groups excluding carboxylic acids is 2. The summed E-state index contributed by atoms with van der Waals surface area (Å²) in [5, 5.41) is 0. The van der Waals surface area contributed by atoms with Crippen molar-refractivity contribution < 1.29 is 14.2 Å². The Morgan fingerprint density at radius 1 is 0.962 bits per heavy atom. The minimum Gasteiger partial charge on any atom is -0.270 e. The zero-order valence-electron chi connectivity index (χ0n) is 15.9. The molecular weight excluding hydrogens is 330 g/mol. The molecule has 134 valence electrons. The van der Waals surface area contributed by atoms with Crippen molar-refractivity contribution in [1.82, 2.24) is 14.4 Å². The van der Waals surface area contributed by atoms with Gasteiger partial charge in [0.15, 0.2) is 0 Å². The van der Waals surface area contributed by atoms with E-state index in [2.05, 4.69) is 36.6 Å². The molecule has 1 saturated heterocycles. The Labute approximate surface area is 152 Å². The van der Waals surface area contributed by atoms with Gasteiger partial charge < -0.3 is 0 Å². The predicted octanol–water partition coefficient (Wildman–Crippen LogP) is 2.11. The van der Waals surface area contributed by atoms with Crippen molar-refractivity contribution in [2.24, 2.45) is 4.99 Å². The Morgan fingerprint density at radius 2 is 1.58 bits per heavy atom. The van der Waals surface area contributed by atoms with Crippen LogP contribution in [-0.4, -0.2) is 46.2 Å². The molecule has 7 nitrogen and oxygen atoms in total. The number of hydrogen-bond donors (Lipinski definition) is 0. The zero-order chi connectivity index (χ0) is 18.9. The molecule has 3 amide bonds. The molecule has 0 spiro atoms. The fourth-order valence-electron chi connectivity index (χ4n) is 3.90. The van der Waals surface area contributed by atoms with Crippen LogP contribution in [0.15, 0.2) is 23.2 Å². The maximum atomic E-state index is 12.8. The van der Waals surface area contributed by atoms with Gasteiger partial charge in [0.05, 0.1) is 0 Å². The Bertz CT molecular complexity index is 997. The summed E-state index contributed by atoms with van der Waals surface area (Å²) in [6, 6.07) is 5.38. The summed E-state index contributed by atoms with van der Waals surface area (Å²) in [5.74, 6) is 0.902. The van der Waals surface area contributed by atoms with Crippen LogP contribution in [0.1, 0.15) is 28.6 Å². The number of aryl methyl sites for hydroxylation is 2. The van der Waals surface area contributed by atoms with E-state index in [1.165, 1.54) is 11.9 Å². The van der Waals surface area contributed by atoms with Gasteiger partial charge in [0, 0.05) is 14.1 Å². The first-order chi connectivity index (χ1) is 12.2. The van der Waals surface area contributed by atoms with Gasteiger partial charge in [0.25, 0.3) is 5.91 Å². The summed E-state index contributed by atoms with van der Waals surface area (Å²) < 4.78 is 4.00. The number of aliphatic imine (C=N–C) groups is 1. The van der Waals surface area contributed by atoms with E-state index in [9.17, 15) is 9.59 Å². The normalized spacial score (nSPS) is 19.0. The average molecular weight is 352 g/mol. The van der Waals surface area contributed by atoms with Gasteiger partial charge in [-0.05, 0) is 51.0 Å². The average Bonchev–Trinajstić information content (AvgIpc) is 3.06. The van der Waals surface area contributed by atoms with Gasteiger partial charge in [-0.25, -0.2) is 9.36 Å². The van der Waals surface area contributed by atoms with E-state index in [-0.39, 0.29) is 11.9 Å². The number of amidine groups is 1. The molecule has 0 radical (unpaired) electrons. The zero-order valence-corrected chi connectivity index (χ0v) is 15.9. The van der Waals surface area contributed by atoms with Crippen molar-refractivity contribution in [3.63, 3.8) is 0 Å². The molecule has 1 atom stereocenters. The monoisotopic (exact) mass is 352 g/mol. The third-order valence-electron chi connectivity index (χ3n) is 5.30. The third-order valence-corrected chi connectivity index (χ3v) is 5.30. The van der Waals surface area contributed by atoms with Gasteiger partial charge in [-0.15, -0.1) is 0 Å². The summed E-state index contributed by atoms with van der Waals surface area (Å²) in [4.78, 5) is 32.4. The number of benzene rings is 1. The first kappa shape index (κ1) is 16.5. The lowest BCUT2D eigenvalue weighted by Gasteiger charge is -2.30. The Kier molecular flexibility index (Phi) is 3.34. The number of rotatable bonds is 1. The second-order valence-electron chi connectivity index (χ2n) is 7.13. The Balaban J connectivity index is 1.99.